The number of aryl methyl sites for hydroxylation is 1. The van der Waals surface area contributed by atoms with Gasteiger partial charge in [-0.2, -0.15) is 0 Å². The number of aliphatic imine (C=N–C) groups is 1. The second-order valence-electron chi connectivity index (χ2n) is 6.52. The molecule has 1 aromatic rings. The molecule has 0 spiro atoms. The minimum absolute atomic E-state index is 0. The molecule has 1 atom stereocenters. The maximum absolute atomic E-state index is 4.72. The molecule has 2 rings (SSSR count). The van der Waals surface area contributed by atoms with Gasteiger partial charge in [0.05, 0.1) is 6.54 Å². The Hall–Kier alpha value is -0.820. The average Bonchev–Trinajstić information content (AvgIpc) is 2.98. The number of nitrogens with one attached hydrogen (secondary N) is 2. The van der Waals surface area contributed by atoms with Crippen molar-refractivity contribution in [1.82, 2.24) is 15.5 Å². The highest BCUT2D eigenvalue weighted by Crippen LogP contribution is 2.15. The first-order valence-electron chi connectivity index (χ1n) is 9.01. The van der Waals surface area contributed by atoms with E-state index in [4.69, 9.17) is 4.99 Å². The van der Waals surface area contributed by atoms with E-state index in [2.05, 4.69) is 60.6 Å². The molecule has 1 saturated heterocycles. The number of likely N-dealkylation sites (tertiary alicyclic amines) is 1. The topological polar surface area (TPSA) is 39.7 Å². The van der Waals surface area contributed by atoms with Crippen molar-refractivity contribution < 1.29 is 0 Å². The number of rotatable bonds is 7. The smallest absolute Gasteiger partial charge is 0.191 e. The minimum atomic E-state index is 0. The van der Waals surface area contributed by atoms with Crippen LogP contribution in [0.4, 0.5) is 0 Å². The van der Waals surface area contributed by atoms with Gasteiger partial charge >= 0.3 is 0 Å². The lowest BCUT2D eigenvalue weighted by molar-refractivity contribution is 0.324. The van der Waals surface area contributed by atoms with Crippen LogP contribution in [0, 0.1) is 12.8 Å². The largest absolute Gasteiger partial charge is 0.357 e. The molecule has 1 aliphatic rings. The van der Waals surface area contributed by atoms with Gasteiger partial charge in [0, 0.05) is 19.6 Å². The molecule has 0 aromatic heterocycles. The lowest BCUT2D eigenvalue weighted by atomic mass is 10.1. The molecular formula is C19H33IN4. The summed E-state index contributed by atoms with van der Waals surface area (Å²) < 4.78 is 0. The second kappa shape index (κ2) is 11.7. The van der Waals surface area contributed by atoms with E-state index in [0.717, 1.165) is 31.5 Å². The number of hydrogen-bond donors (Lipinski definition) is 2. The monoisotopic (exact) mass is 444 g/mol. The molecule has 0 radical (unpaired) electrons. The second-order valence-corrected chi connectivity index (χ2v) is 6.52. The van der Waals surface area contributed by atoms with Crippen LogP contribution in [0.3, 0.4) is 0 Å². The van der Waals surface area contributed by atoms with Crippen molar-refractivity contribution in [3.05, 3.63) is 35.4 Å². The molecular weight excluding hydrogens is 411 g/mol. The standard InChI is InChI=1S/C19H32N4.HI/c1-4-10-23-11-9-18(15-23)14-22-19(20-5-2)21-13-17-8-6-7-16(3)12-17;/h6-8,12,18H,4-5,9-11,13-15H2,1-3H3,(H2,20,21,22);1H. The fourth-order valence-electron chi connectivity index (χ4n) is 3.16. The average molecular weight is 444 g/mol. The van der Waals surface area contributed by atoms with Crippen molar-refractivity contribution in [3.8, 4) is 0 Å². The van der Waals surface area contributed by atoms with Crippen LogP contribution in [0.5, 0.6) is 0 Å². The van der Waals surface area contributed by atoms with E-state index < -0.39 is 0 Å². The molecule has 2 N–H and O–H groups in total. The zero-order valence-electron chi connectivity index (χ0n) is 15.3. The third-order valence-electron chi connectivity index (χ3n) is 4.31. The van der Waals surface area contributed by atoms with Crippen LogP contribution in [-0.2, 0) is 6.54 Å². The van der Waals surface area contributed by atoms with Crippen LogP contribution < -0.4 is 10.6 Å². The van der Waals surface area contributed by atoms with Crippen molar-refractivity contribution in [3.63, 3.8) is 0 Å². The van der Waals surface area contributed by atoms with Gasteiger partial charge in [-0.1, -0.05) is 36.8 Å². The highest BCUT2D eigenvalue weighted by molar-refractivity contribution is 14.0. The molecule has 0 saturated carbocycles. The molecule has 1 heterocycles. The Morgan fingerprint density at radius 1 is 1.29 bits per heavy atom. The van der Waals surface area contributed by atoms with Crippen LogP contribution >= 0.6 is 24.0 Å². The van der Waals surface area contributed by atoms with Gasteiger partial charge in [0.2, 0.25) is 0 Å². The first kappa shape index (κ1) is 21.2. The highest BCUT2D eigenvalue weighted by atomic mass is 127. The summed E-state index contributed by atoms with van der Waals surface area (Å²) in [6.45, 7) is 12.8. The fourth-order valence-corrected chi connectivity index (χ4v) is 3.16. The fraction of sp³-hybridized carbons (Fsp3) is 0.632. The molecule has 5 heteroatoms. The zero-order chi connectivity index (χ0) is 16.5. The lowest BCUT2D eigenvalue weighted by Crippen LogP contribution is -2.40. The van der Waals surface area contributed by atoms with E-state index in [9.17, 15) is 0 Å². The van der Waals surface area contributed by atoms with Gasteiger partial charge < -0.3 is 15.5 Å². The maximum Gasteiger partial charge on any atom is 0.191 e. The minimum Gasteiger partial charge on any atom is -0.357 e. The number of hydrogen-bond acceptors (Lipinski definition) is 2. The van der Waals surface area contributed by atoms with Gasteiger partial charge in [0.25, 0.3) is 0 Å². The van der Waals surface area contributed by atoms with E-state index in [1.54, 1.807) is 0 Å². The molecule has 1 unspecified atom stereocenters. The van der Waals surface area contributed by atoms with Crippen molar-refractivity contribution in [2.45, 2.75) is 40.2 Å². The molecule has 1 fully saturated rings. The summed E-state index contributed by atoms with van der Waals surface area (Å²) in [4.78, 5) is 7.29. The van der Waals surface area contributed by atoms with Gasteiger partial charge in [-0.15, -0.1) is 24.0 Å². The Morgan fingerprint density at radius 2 is 2.12 bits per heavy atom. The van der Waals surface area contributed by atoms with E-state index in [1.807, 2.05) is 0 Å². The summed E-state index contributed by atoms with van der Waals surface area (Å²) in [7, 11) is 0. The number of nitrogens with zero attached hydrogens (tertiary/aromatic N) is 2. The Bertz CT molecular complexity index is 504. The Labute approximate surface area is 164 Å². The van der Waals surface area contributed by atoms with Crippen LogP contribution in [0.2, 0.25) is 0 Å². The third-order valence-corrected chi connectivity index (χ3v) is 4.31. The van der Waals surface area contributed by atoms with E-state index in [-0.39, 0.29) is 24.0 Å². The first-order valence-corrected chi connectivity index (χ1v) is 9.01. The predicted octanol–water partition coefficient (Wildman–Crippen LogP) is 3.40. The summed E-state index contributed by atoms with van der Waals surface area (Å²) in [5, 5.41) is 6.88. The number of halogens is 1. The van der Waals surface area contributed by atoms with Crippen LogP contribution in [0.25, 0.3) is 0 Å². The summed E-state index contributed by atoms with van der Waals surface area (Å²) >= 11 is 0. The summed E-state index contributed by atoms with van der Waals surface area (Å²) in [5.41, 5.74) is 2.55. The molecule has 24 heavy (non-hydrogen) atoms. The predicted molar refractivity (Wildman–Crippen MR) is 114 cm³/mol. The quantitative estimate of drug-likeness (QED) is 0.385. The van der Waals surface area contributed by atoms with Crippen molar-refractivity contribution in [1.29, 1.82) is 0 Å². The van der Waals surface area contributed by atoms with E-state index >= 15 is 0 Å². The SMILES string of the molecule is CCCN1CCC(CNC(=NCc2cccc(C)c2)NCC)C1.I. The highest BCUT2D eigenvalue weighted by Gasteiger charge is 2.21. The summed E-state index contributed by atoms with van der Waals surface area (Å²) in [6, 6.07) is 8.56. The number of benzene rings is 1. The molecule has 1 aromatic carbocycles. The molecule has 136 valence electrons. The zero-order valence-corrected chi connectivity index (χ0v) is 17.7. The Kier molecular flexibility index (Phi) is 10.3. The third kappa shape index (κ3) is 7.38. The van der Waals surface area contributed by atoms with Gasteiger partial charge in [-0.3, -0.25) is 0 Å². The first-order chi connectivity index (χ1) is 11.2. The van der Waals surface area contributed by atoms with Crippen LogP contribution in [-0.4, -0.2) is 43.6 Å². The molecule has 0 bridgehead atoms. The normalized spacial score (nSPS) is 18.3. The van der Waals surface area contributed by atoms with Gasteiger partial charge in [0.15, 0.2) is 5.96 Å². The van der Waals surface area contributed by atoms with Crippen molar-refractivity contribution in [2.75, 3.05) is 32.7 Å². The van der Waals surface area contributed by atoms with Crippen molar-refractivity contribution >= 4 is 29.9 Å². The van der Waals surface area contributed by atoms with E-state index in [0.29, 0.717) is 0 Å². The summed E-state index contributed by atoms with van der Waals surface area (Å²) in [5.74, 6) is 1.67. The lowest BCUT2D eigenvalue weighted by Gasteiger charge is -2.17. The summed E-state index contributed by atoms with van der Waals surface area (Å²) in [6.07, 6.45) is 2.55. The maximum atomic E-state index is 4.72. The van der Waals surface area contributed by atoms with Gasteiger partial charge in [-0.25, -0.2) is 4.99 Å². The van der Waals surface area contributed by atoms with Crippen LogP contribution in [0.1, 0.15) is 37.8 Å². The number of guanidine groups is 1. The van der Waals surface area contributed by atoms with Gasteiger partial charge in [0.1, 0.15) is 0 Å². The van der Waals surface area contributed by atoms with Crippen molar-refractivity contribution in [2.24, 2.45) is 10.9 Å². The molecule has 0 amide bonds. The molecule has 0 aliphatic carbocycles. The Morgan fingerprint density at radius 3 is 2.83 bits per heavy atom. The Balaban J connectivity index is 0.00000288. The molecule has 4 nitrogen and oxygen atoms in total. The molecule has 1 aliphatic heterocycles. The van der Waals surface area contributed by atoms with E-state index in [1.165, 1.54) is 43.6 Å². The van der Waals surface area contributed by atoms with Crippen LogP contribution in [0.15, 0.2) is 29.3 Å². The van der Waals surface area contributed by atoms with Gasteiger partial charge in [-0.05, 0) is 51.3 Å².